The first kappa shape index (κ1) is 20.2. The van der Waals surface area contributed by atoms with E-state index in [0.29, 0.717) is 24.9 Å². The second-order valence-electron chi connectivity index (χ2n) is 7.91. The molecule has 7 heteroatoms. The molecule has 0 radical (unpaired) electrons. The van der Waals surface area contributed by atoms with Crippen molar-refractivity contribution in [2.24, 2.45) is 4.99 Å². The summed E-state index contributed by atoms with van der Waals surface area (Å²) in [5.41, 5.74) is 2.40. The molecule has 0 spiro atoms. The molecule has 0 aliphatic carbocycles. The Morgan fingerprint density at radius 2 is 1.79 bits per heavy atom. The molecule has 3 rings (SSSR count). The minimum Gasteiger partial charge on any atom is -0.443 e. The molecule has 0 saturated carbocycles. The maximum atomic E-state index is 5.81. The normalized spacial score (nSPS) is 15.6. The molecule has 0 bridgehead atoms. The van der Waals surface area contributed by atoms with Crippen molar-refractivity contribution in [2.45, 2.75) is 39.3 Å². The first-order valence-corrected chi connectivity index (χ1v) is 9.77. The number of morpholine rings is 1. The second kappa shape index (κ2) is 9.10. The van der Waals surface area contributed by atoms with Gasteiger partial charge in [0.05, 0.1) is 26.0 Å². The van der Waals surface area contributed by atoms with Crippen molar-refractivity contribution in [1.29, 1.82) is 0 Å². The van der Waals surface area contributed by atoms with E-state index in [4.69, 9.17) is 9.15 Å². The van der Waals surface area contributed by atoms with Crippen LogP contribution in [0.15, 0.2) is 39.9 Å². The zero-order valence-corrected chi connectivity index (χ0v) is 17.3. The van der Waals surface area contributed by atoms with E-state index in [1.54, 1.807) is 13.2 Å². The van der Waals surface area contributed by atoms with Gasteiger partial charge < -0.3 is 24.7 Å². The Labute approximate surface area is 167 Å². The third-order valence-corrected chi connectivity index (χ3v) is 4.70. The molecule has 0 atom stereocenters. The molecule has 0 unspecified atom stereocenters. The summed E-state index contributed by atoms with van der Waals surface area (Å²) in [4.78, 5) is 11.0. The van der Waals surface area contributed by atoms with Crippen LogP contribution in [0.2, 0.25) is 0 Å². The van der Waals surface area contributed by atoms with Crippen molar-refractivity contribution >= 4 is 11.6 Å². The Bertz CT molecular complexity index is 771. The van der Waals surface area contributed by atoms with E-state index in [1.807, 2.05) is 0 Å². The fourth-order valence-electron chi connectivity index (χ4n) is 2.95. The smallest absolute Gasteiger partial charge is 0.213 e. The van der Waals surface area contributed by atoms with Gasteiger partial charge >= 0.3 is 0 Å². The number of rotatable bonds is 5. The van der Waals surface area contributed by atoms with Crippen molar-refractivity contribution in [3.63, 3.8) is 0 Å². The van der Waals surface area contributed by atoms with Gasteiger partial charge in [0, 0.05) is 37.8 Å². The Hall–Kier alpha value is -2.54. The SMILES string of the molecule is CN=C(NCc1ccc(N2CCOCC2)cc1)NCc1ncc(C(C)(C)C)o1. The summed E-state index contributed by atoms with van der Waals surface area (Å²) >= 11 is 0. The Balaban J connectivity index is 1.48. The van der Waals surface area contributed by atoms with E-state index in [-0.39, 0.29) is 5.41 Å². The molecule has 1 saturated heterocycles. The minimum atomic E-state index is -0.0431. The van der Waals surface area contributed by atoms with Crippen molar-refractivity contribution in [2.75, 3.05) is 38.3 Å². The minimum absolute atomic E-state index is 0.0431. The van der Waals surface area contributed by atoms with Crippen molar-refractivity contribution in [3.05, 3.63) is 47.7 Å². The lowest BCUT2D eigenvalue weighted by molar-refractivity contribution is 0.122. The van der Waals surface area contributed by atoms with Crippen LogP contribution < -0.4 is 15.5 Å². The molecular weight excluding hydrogens is 354 g/mol. The van der Waals surface area contributed by atoms with Crippen LogP contribution in [0.4, 0.5) is 5.69 Å². The molecule has 2 aromatic rings. The zero-order chi connectivity index (χ0) is 20.0. The average molecular weight is 386 g/mol. The third-order valence-electron chi connectivity index (χ3n) is 4.70. The Morgan fingerprint density at radius 3 is 2.39 bits per heavy atom. The number of anilines is 1. The summed E-state index contributed by atoms with van der Waals surface area (Å²) in [6.45, 7) is 11.0. The molecule has 1 aliphatic rings. The van der Waals surface area contributed by atoms with Gasteiger partial charge in [0.15, 0.2) is 5.96 Å². The van der Waals surface area contributed by atoms with Gasteiger partial charge in [-0.1, -0.05) is 32.9 Å². The number of hydrogen-bond acceptors (Lipinski definition) is 5. The highest BCUT2D eigenvalue weighted by molar-refractivity contribution is 5.79. The lowest BCUT2D eigenvalue weighted by Gasteiger charge is -2.28. The van der Waals surface area contributed by atoms with Gasteiger partial charge in [-0.15, -0.1) is 0 Å². The van der Waals surface area contributed by atoms with Gasteiger partial charge in [-0.05, 0) is 17.7 Å². The molecular formula is C21H31N5O2. The van der Waals surface area contributed by atoms with Crippen LogP contribution in [-0.2, 0) is 23.2 Å². The predicted molar refractivity (Wildman–Crippen MR) is 112 cm³/mol. The summed E-state index contributed by atoms with van der Waals surface area (Å²) in [6.07, 6.45) is 1.79. The lowest BCUT2D eigenvalue weighted by Crippen LogP contribution is -2.36. The molecule has 2 heterocycles. The molecule has 0 amide bonds. The number of guanidine groups is 1. The predicted octanol–water partition coefficient (Wildman–Crippen LogP) is 2.67. The largest absolute Gasteiger partial charge is 0.443 e. The van der Waals surface area contributed by atoms with E-state index < -0.39 is 0 Å². The molecule has 2 N–H and O–H groups in total. The fourth-order valence-corrected chi connectivity index (χ4v) is 2.95. The summed E-state index contributed by atoms with van der Waals surface area (Å²) < 4.78 is 11.2. The summed E-state index contributed by atoms with van der Waals surface area (Å²) in [7, 11) is 1.76. The van der Waals surface area contributed by atoms with Crippen LogP contribution in [-0.4, -0.2) is 44.3 Å². The number of ether oxygens (including phenoxy) is 1. The van der Waals surface area contributed by atoms with Crippen LogP contribution in [0.1, 0.15) is 38.0 Å². The van der Waals surface area contributed by atoms with Crippen LogP contribution >= 0.6 is 0 Å². The Morgan fingerprint density at radius 1 is 1.11 bits per heavy atom. The van der Waals surface area contributed by atoms with Crippen LogP contribution in [0.25, 0.3) is 0 Å². The van der Waals surface area contributed by atoms with Crippen LogP contribution in [0, 0.1) is 0 Å². The van der Waals surface area contributed by atoms with E-state index in [1.165, 1.54) is 11.3 Å². The number of nitrogens with one attached hydrogen (secondary N) is 2. The summed E-state index contributed by atoms with van der Waals surface area (Å²) in [6, 6.07) is 8.63. The summed E-state index contributed by atoms with van der Waals surface area (Å²) in [5, 5.41) is 6.57. The first-order valence-electron chi connectivity index (χ1n) is 9.77. The van der Waals surface area contributed by atoms with Crippen molar-refractivity contribution in [3.8, 4) is 0 Å². The molecule has 1 fully saturated rings. The lowest BCUT2D eigenvalue weighted by atomic mass is 9.94. The number of hydrogen-bond donors (Lipinski definition) is 2. The number of nitrogens with zero attached hydrogens (tertiary/aromatic N) is 3. The van der Waals surface area contributed by atoms with Gasteiger partial charge in [-0.3, -0.25) is 4.99 Å². The topological polar surface area (TPSA) is 74.9 Å². The maximum Gasteiger partial charge on any atom is 0.213 e. The molecule has 1 aliphatic heterocycles. The van der Waals surface area contributed by atoms with E-state index >= 15 is 0 Å². The number of oxazole rings is 1. The number of benzene rings is 1. The van der Waals surface area contributed by atoms with Gasteiger partial charge in [0.1, 0.15) is 5.76 Å². The molecule has 152 valence electrons. The van der Waals surface area contributed by atoms with Gasteiger partial charge in [0.25, 0.3) is 0 Å². The van der Waals surface area contributed by atoms with Gasteiger partial charge in [-0.25, -0.2) is 4.98 Å². The highest BCUT2D eigenvalue weighted by Gasteiger charge is 2.19. The standard InChI is InChI=1S/C21H31N5O2/c1-21(2,3)18-14-23-19(28-18)15-25-20(22-4)24-13-16-5-7-17(8-6-16)26-9-11-27-12-10-26/h5-8,14H,9-13,15H2,1-4H3,(H2,22,24,25). The van der Waals surface area contributed by atoms with E-state index in [0.717, 1.165) is 32.1 Å². The molecule has 1 aromatic carbocycles. The quantitative estimate of drug-likeness (QED) is 0.609. The highest BCUT2D eigenvalue weighted by atomic mass is 16.5. The first-order chi connectivity index (χ1) is 13.5. The number of aliphatic imine (C=N–C) groups is 1. The zero-order valence-electron chi connectivity index (χ0n) is 17.3. The van der Waals surface area contributed by atoms with Crippen LogP contribution in [0.5, 0.6) is 0 Å². The highest BCUT2D eigenvalue weighted by Crippen LogP contribution is 2.22. The van der Waals surface area contributed by atoms with Crippen LogP contribution in [0.3, 0.4) is 0 Å². The third kappa shape index (κ3) is 5.48. The van der Waals surface area contributed by atoms with E-state index in [9.17, 15) is 0 Å². The number of aromatic nitrogens is 1. The fraction of sp³-hybridized carbons (Fsp3) is 0.524. The van der Waals surface area contributed by atoms with Crippen molar-refractivity contribution in [1.82, 2.24) is 15.6 Å². The summed E-state index contributed by atoms with van der Waals surface area (Å²) in [5.74, 6) is 2.25. The molecule has 28 heavy (non-hydrogen) atoms. The van der Waals surface area contributed by atoms with Crippen molar-refractivity contribution < 1.29 is 9.15 Å². The second-order valence-corrected chi connectivity index (χ2v) is 7.91. The monoisotopic (exact) mass is 385 g/mol. The van der Waals surface area contributed by atoms with E-state index in [2.05, 4.69) is 70.5 Å². The maximum absolute atomic E-state index is 5.81. The van der Waals surface area contributed by atoms with Gasteiger partial charge in [0.2, 0.25) is 5.89 Å². The molecule has 7 nitrogen and oxygen atoms in total. The molecule has 1 aromatic heterocycles. The Kier molecular flexibility index (Phi) is 6.57. The average Bonchev–Trinajstić information content (AvgIpc) is 3.19. The van der Waals surface area contributed by atoms with Gasteiger partial charge in [-0.2, -0.15) is 0 Å².